The third-order valence-electron chi connectivity index (χ3n) is 3.74. The Kier molecular flexibility index (Phi) is 3.81. The Balaban J connectivity index is 1.42. The first-order chi connectivity index (χ1) is 8.92. The summed E-state index contributed by atoms with van der Waals surface area (Å²) in [4.78, 5) is 0. The van der Waals surface area contributed by atoms with E-state index >= 15 is 0 Å². The van der Waals surface area contributed by atoms with E-state index in [1.54, 1.807) is 0 Å². The second-order valence-corrected chi connectivity index (χ2v) is 5.13. The van der Waals surface area contributed by atoms with Gasteiger partial charge in [-0.05, 0) is 43.0 Å². The molecule has 0 radical (unpaired) electrons. The molecule has 1 N–H and O–H groups in total. The Labute approximate surface area is 108 Å². The first-order valence-corrected chi connectivity index (χ1v) is 6.99. The molecule has 1 saturated heterocycles. The van der Waals surface area contributed by atoms with E-state index in [1.807, 2.05) is 0 Å². The zero-order chi connectivity index (χ0) is 12.2. The molecule has 1 aromatic rings. The van der Waals surface area contributed by atoms with Crippen LogP contribution in [0.2, 0.25) is 0 Å². The first kappa shape index (κ1) is 12.0. The third kappa shape index (κ3) is 2.85. The molecule has 3 nitrogen and oxygen atoms in total. The first-order valence-electron chi connectivity index (χ1n) is 6.99. The molecule has 1 aromatic carbocycles. The van der Waals surface area contributed by atoms with Crippen molar-refractivity contribution in [2.24, 2.45) is 0 Å². The predicted molar refractivity (Wildman–Crippen MR) is 71.2 cm³/mol. The summed E-state index contributed by atoms with van der Waals surface area (Å²) >= 11 is 0. The third-order valence-corrected chi connectivity index (χ3v) is 3.74. The molecule has 3 heteroatoms. The zero-order valence-corrected chi connectivity index (χ0v) is 10.8. The minimum atomic E-state index is 0.443. The summed E-state index contributed by atoms with van der Waals surface area (Å²) in [6.45, 7) is 3.81. The fourth-order valence-electron chi connectivity index (χ4n) is 2.70. The summed E-state index contributed by atoms with van der Waals surface area (Å²) in [5, 5.41) is 3.49. The molecule has 2 aliphatic rings. The van der Waals surface area contributed by atoms with Gasteiger partial charge in [0.25, 0.3) is 0 Å². The second kappa shape index (κ2) is 5.72. The molecule has 0 saturated carbocycles. The van der Waals surface area contributed by atoms with Gasteiger partial charge >= 0.3 is 0 Å². The van der Waals surface area contributed by atoms with Crippen molar-refractivity contribution in [2.45, 2.75) is 31.8 Å². The van der Waals surface area contributed by atoms with E-state index in [-0.39, 0.29) is 0 Å². The number of hydrogen-bond acceptors (Lipinski definition) is 3. The van der Waals surface area contributed by atoms with Crippen molar-refractivity contribution in [1.29, 1.82) is 0 Å². The van der Waals surface area contributed by atoms with Gasteiger partial charge < -0.3 is 14.8 Å². The summed E-state index contributed by atoms with van der Waals surface area (Å²) in [5.74, 6) is 1.08. The molecular formula is C15H21NO2. The average Bonchev–Trinajstić information content (AvgIpc) is 3.05. The van der Waals surface area contributed by atoms with Crippen LogP contribution >= 0.6 is 0 Å². The van der Waals surface area contributed by atoms with Crippen molar-refractivity contribution in [3.05, 3.63) is 29.3 Å². The van der Waals surface area contributed by atoms with E-state index in [0.29, 0.717) is 6.10 Å². The van der Waals surface area contributed by atoms with Crippen LogP contribution in [0.5, 0.6) is 5.75 Å². The lowest BCUT2D eigenvalue weighted by Gasteiger charge is -2.10. The molecule has 0 bridgehead atoms. The van der Waals surface area contributed by atoms with E-state index in [1.165, 1.54) is 24.0 Å². The number of ether oxygens (including phenoxy) is 2. The van der Waals surface area contributed by atoms with Gasteiger partial charge in [0.15, 0.2) is 0 Å². The maximum atomic E-state index is 5.59. The lowest BCUT2D eigenvalue weighted by atomic mass is 10.1. The highest BCUT2D eigenvalue weighted by Crippen LogP contribution is 2.25. The predicted octanol–water partition coefficient (Wildman–Crippen LogP) is 1.93. The van der Waals surface area contributed by atoms with Crippen LogP contribution in [0.4, 0.5) is 0 Å². The van der Waals surface area contributed by atoms with Crippen LogP contribution in [-0.4, -0.2) is 32.4 Å². The van der Waals surface area contributed by atoms with E-state index < -0.39 is 0 Å². The van der Waals surface area contributed by atoms with Crippen molar-refractivity contribution in [3.8, 4) is 5.75 Å². The number of hydrogen-bond donors (Lipinski definition) is 1. The van der Waals surface area contributed by atoms with Gasteiger partial charge in [-0.15, -0.1) is 0 Å². The minimum Gasteiger partial charge on any atom is -0.493 e. The normalized spacial score (nSPS) is 21.9. The van der Waals surface area contributed by atoms with Gasteiger partial charge in [-0.25, -0.2) is 0 Å². The second-order valence-electron chi connectivity index (χ2n) is 5.13. The van der Waals surface area contributed by atoms with Gasteiger partial charge in [0.1, 0.15) is 5.75 Å². The zero-order valence-electron chi connectivity index (χ0n) is 10.8. The molecule has 1 fully saturated rings. The molecule has 1 unspecified atom stereocenters. The SMILES string of the molecule is c1cc2c(cc1CCNCC1CCCO1)CCO2. The van der Waals surface area contributed by atoms with Crippen molar-refractivity contribution in [2.75, 3.05) is 26.3 Å². The van der Waals surface area contributed by atoms with Crippen molar-refractivity contribution in [1.82, 2.24) is 5.32 Å². The Hall–Kier alpha value is -1.06. The average molecular weight is 247 g/mol. The van der Waals surface area contributed by atoms with E-state index in [2.05, 4.69) is 23.5 Å². The highest BCUT2D eigenvalue weighted by Gasteiger charge is 2.14. The highest BCUT2D eigenvalue weighted by atomic mass is 16.5. The number of fused-ring (bicyclic) bond motifs is 1. The van der Waals surface area contributed by atoms with Gasteiger partial charge in [0, 0.05) is 19.6 Å². The lowest BCUT2D eigenvalue weighted by Crippen LogP contribution is -2.27. The molecule has 0 aromatic heterocycles. The number of nitrogens with one attached hydrogen (secondary N) is 1. The summed E-state index contributed by atoms with van der Waals surface area (Å²) in [6, 6.07) is 6.58. The van der Waals surface area contributed by atoms with Crippen LogP contribution in [0.1, 0.15) is 24.0 Å². The smallest absolute Gasteiger partial charge is 0.122 e. The largest absolute Gasteiger partial charge is 0.493 e. The van der Waals surface area contributed by atoms with Crippen LogP contribution in [0.25, 0.3) is 0 Å². The van der Waals surface area contributed by atoms with Crippen molar-refractivity contribution >= 4 is 0 Å². The maximum Gasteiger partial charge on any atom is 0.122 e. The summed E-state index contributed by atoms with van der Waals surface area (Å²) < 4.78 is 11.1. The van der Waals surface area contributed by atoms with Crippen LogP contribution in [0.3, 0.4) is 0 Å². The van der Waals surface area contributed by atoms with Gasteiger partial charge in [0.05, 0.1) is 12.7 Å². The molecule has 2 heterocycles. The highest BCUT2D eigenvalue weighted by molar-refractivity contribution is 5.39. The number of rotatable bonds is 5. The van der Waals surface area contributed by atoms with Crippen LogP contribution in [-0.2, 0) is 17.6 Å². The Morgan fingerprint density at radius 1 is 1.28 bits per heavy atom. The van der Waals surface area contributed by atoms with Gasteiger partial charge in [-0.1, -0.05) is 12.1 Å². The molecule has 0 aliphatic carbocycles. The monoisotopic (exact) mass is 247 g/mol. The minimum absolute atomic E-state index is 0.443. The Morgan fingerprint density at radius 2 is 2.28 bits per heavy atom. The van der Waals surface area contributed by atoms with Gasteiger partial charge in [-0.2, -0.15) is 0 Å². The summed E-state index contributed by atoms with van der Waals surface area (Å²) in [7, 11) is 0. The molecule has 0 amide bonds. The fourth-order valence-corrected chi connectivity index (χ4v) is 2.70. The molecule has 18 heavy (non-hydrogen) atoms. The van der Waals surface area contributed by atoms with Crippen LogP contribution in [0, 0.1) is 0 Å². The van der Waals surface area contributed by atoms with Crippen molar-refractivity contribution in [3.63, 3.8) is 0 Å². The molecule has 0 spiro atoms. The standard InChI is InChI=1S/C15H21NO2/c1-2-14(17-8-1)11-16-7-5-12-3-4-15-13(10-12)6-9-18-15/h3-4,10,14,16H,1-2,5-9,11H2. The summed E-state index contributed by atoms with van der Waals surface area (Å²) in [6.07, 6.45) is 5.02. The fraction of sp³-hybridized carbons (Fsp3) is 0.600. The molecule has 1 atom stereocenters. The molecule has 98 valence electrons. The molecular weight excluding hydrogens is 226 g/mol. The lowest BCUT2D eigenvalue weighted by molar-refractivity contribution is 0.110. The summed E-state index contributed by atoms with van der Waals surface area (Å²) in [5.41, 5.74) is 2.77. The van der Waals surface area contributed by atoms with Gasteiger partial charge in [-0.3, -0.25) is 0 Å². The quantitative estimate of drug-likeness (QED) is 0.807. The molecule has 2 aliphatic heterocycles. The van der Waals surface area contributed by atoms with Crippen LogP contribution < -0.4 is 10.1 Å². The van der Waals surface area contributed by atoms with Crippen molar-refractivity contribution < 1.29 is 9.47 Å². The Bertz CT molecular complexity index is 399. The van der Waals surface area contributed by atoms with Gasteiger partial charge in [0.2, 0.25) is 0 Å². The number of benzene rings is 1. The van der Waals surface area contributed by atoms with Crippen LogP contribution in [0.15, 0.2) is 18.2 Å². The maximum absolute atomic E-state index is 5.59. The van der Waals surface area contributed by atoms with E-state index in [0.717, 1.165) is 44.9 Å². The molecule has 3 rings (SSSR count). The van der Waals surface area contributed by atoms with E-state index in [9.17, 15) is 0 Å². The van der Waals surface area contributed by atoms with E-state index in [4.69, 9.17) is 9.47 Å². The Morgan fingerprint density at radius 3 is 3.17 bits per heavy atom. The topological polar surface area (TPSA) is 30.5 Å².